The van der Waals surface area contributed by atoms with E-state index in [1.54, 1.807) is 19.3 Å². The molecule has 2 aromatic carbocycles. The molecule has 0 saturated carbocycles. The molecule has 6 heteroatoms. The number of carbonyl (C=O) groups is 1. The van der Waals surface area contributed by atoms with Crippen LogP contribution in [0.25, 0.3) is 6.08 Å². The Bertz CT molecular complexity index is 778. The summed E-state index contributed by atoms with van der Waals surface area (Å²) >= 11 is 0. The standard InChI is InChI=1S/C18H15NO5/c1-23-17-7-4-6-14(13-17)5-2-3-8-18(20)24-16-11-9-15(10-12-16)19(21)22/h2-13H,1H3. The van der Waals surface area contributed by atoms with E-state index in [0.29, 0.717) is 0 Å². The van der Waals surface area contributed by atoms with Crippen LogP contribution in [-0.2, 0) is 4.79 Å². The number of non-ortho nitro benzene ring substituents is 1. The van der Waals surface area contributed by atoms with E-state index in [0.717, 1.165) is 11.3 Å². The van der Waals surface area contributed by atoms with Gasteiger partial charge in [-0.2, -0.15) is 0 Å². The van der Waals surface area contributed by atoms with Crippen molar-refractivity contribution in [3.63, 3.8) is 0 Å². The van der Waals surface area contributed by atoms with Crippen LogP contribution in [0.5, 0.6) is 11.5 Å². The summed E-state index contributed by atoms with van der Waals surface area (Å²) in [5.74, 6) is 0.421. The van der Waals surface area contributed by atoms with Gasteiger partial charge in [0.1, 0.15) is 11.5 Å². The fraction of sp³-hybridized carbons (Fsp3) is 0.0556. The van der Waals surface area contributed by atoms with Gasteiger partial charge < -0.3 is 9.47 Å². The first-order valence-electron chi connectivity index (χ1n) is 7.03. The Kier molecular flexibility index (Phi) is 5.85. The van der Waals surface area contributed by atoms with Crippen LogP contribution in [0.3, 0.4) is 0 Å². The topological polar surface area (TPSA) is 78.7 Å². The highest BCUT2D eigenvalue weighted by Gasteiger charge is 2.05. The number of ether oxygens (including phenoxy) is 2. The lowest BCUT2D eigenvalue weighted by molar-refractivity contribution is -0.384. The molecule has 0 bridgehead atoms. The third-order valence-corrected chi connectivity index (χ3v) is 2.99. The number of hydrogen-bond acceptors (Lipinski definition) is 5. The molecular weight excluding hydrogens is 310 g/mol. The molecule has 0 saturated heterocycles. The van der Waals surface area contributed by atoms with Crippen molar-refractivity contribution in [2.24, 2.45) is 0 Å². The van der Waals surface area contributed by atoms with Crippen LogP contribution < -0.4 is 9.47 Å². The first-order valence-corrected chi connectivity index (χ1v) is 7.03. The van der Waals surface area contributed by atoms with Gasteiger partial charge in [0.15, 0.2) is 0 Å². The average Bonchev–Trinajstić information content (AvgIpc) is 2.59. The Labute approximate surface area is 138 Å². The normalized spacial score (nSPS) is 10.9. The molecule has 24 heavy (non-hydrogen) atoms. The van der Waals surface area contributed by atoms with Crippen LogP contribution in [0.4, 0.5) is 5.69 Å². The van der Waals surface area contributed by atoms with Gasteiger partial charge in [0.05, 0.1) is 12.0 Å². The van der Waals surface area contributed by atoms with Crippen LogP contribution in [-0.4, -0.2) is 18.0 Å². The Morgan fingerprint density at radius 1 is 1.08 bits per heavy atom. The molecule has 0 aliphatic heterocycles. The van der Waals surface area contributed by atoms with Gasteiger partial charge in [0.25, 0.3) is 5.69 Å². The molecule has 0 radical (unpaired) electrons. The molecule has 0 N–H and O–H groups in total. The smallest absolute Gasteiger partial charge is 0.336 e. The zero-order valence-electron chi connectivity index (χ0n) is 12.9. The lowest BCUT2D eigenvalue weighted by Gasteiger charge is -2.00. The van der Waals surface area contributed by atoms with Crippen molar-refractivity contribution in [2.45, 2.75) is 0 Å². The van der Waals surface area contributed by atoms with Crippen molar-refractivity contribution < 1.29 is 19.2 Å². The van der Waals surface area contributed by atoms with E-state index in [1.165, 1.54) is 30.3 Å². The van der Waals surface area contributed by atoms with Crippen molar-refractivity contribution in [1.82, 2.24) is 0 Å². The van der Waals surface area contributed by atoms with E-state index in [9.17, 15) is 14.9 Å². The second-order valence-electron chi connectivity index (χ2n) is 4.67. The van der Waals surface area contributed by atoms with Crippen LogP contribution in [0.2, 0.25) is 0 Å². The van der Waals surface area contributed by atoms with Crippen LogP contribution >= 0.6 is 0 Å². The van der Waals surface area contributed by atoms with Crippen molar-refractivity contribution in [1.29, 1.82) is 0 Å². The Balaban J connectivity index is 1.90. The van der Waals surface area contributed by atoms with Crippen LogP contribution in [0.15, 0.2) is 66.8 Å². The second-order valence-corrected chi connectivity index (χ2v) is 4.67. The molecule has 0 spiro atoms. The maximum Gasteiger partial charge on any atom is 0.336 e. The summed E-state index contributed by atoms with van der Waals surface area (Å²) in [4.78, 5) is 21.7. The molecule has 0 atom stereocenters. The molecule has 2 rings (SSSR count). The van der Waals surface area contributed by atoms with Gasteiger partial charge in [-0.3, -0.25) is 10.1 Å². The summed E-state index contributed by atoms with van der Waals surface area (Å²) in [6.07, 6.45) is 6.33. The molecular formula is C18H15NO5. The Hall–Kier alpha value is -3.41. The monoisotopic (exact) mass is 325 g/mol. The number of nitro benzene ring substituents is 1. The number of nitrogens with zero attached hydrogens (tertiary/aromatic N) is 1. The molecule has 6 nitrogen and oxygen atoms in total. The maximum absolute atomic E-state index is 11.6. The highest BCUT2D eigenvalue weighted by molar-refractivity contribution is 5.84. The summed E-state index contributed by atoms with van der Waals surface area (Å²) < 4.78 is 10.2. The maximum atomic E-state index is 11.6. The zero-order valence-corrected chi connectivity index (χ0v) is 12.9. The minimum atomic E-state index is -0.570. The van der Waals surface area contributed by atoms with Crippen LogP contribution in [0.1, 0.15) is 5.56 Å². The van der Waals surface area contributed by atoms with Gasteiger partial charge >= 0.3 is 5.97 Å². The molecule has 2 aromatic rings. The summed E-state index contributed by atoms with van der Waals surface area (Å²) in [6.45, 7) is 0. The predicted octanol–water partition coefficient (Wildman–Crippen LogP) is 3.78. The van der Waals surface area contributed by atoms with E-state index in [4.69, 9.17) is 9.47 Å². The molecule has 0 aromatic heterocycles. The third-order valence-electron chi connectivity index (χ3n) is 2.99. The van der Waals surface area contributed by atoms with Gasteiger partial charge in [0, 0.05) is 18.2 Å². The number of carbonyl (C=O) groups excluding carboxylic acids is 1. The Morgan fingerprint density at radius 2 is 1.83 bits per heavy atom. The fourth-order valence-corrected chi connectivity index (χ4v) is 1.83. The molecule has 0 amide bonds. The number of esters is 1. The zero-order chi connectivity index (χ0) is 17.4. The summed E-state index contributed by atoms with van der Waals surface area (Å²) in [5.41, 5.74) is 0.870. The number of methoxy groups -OCH3 is 1. The molecule has 0 aliphatic rings. The largest absolute Gasteiger partial charge is 0.497 e. The second kappa shape index (κ2) is 8.28. The molecule has 0 fully saturated rings. The summed E-state index contributed by atoms with van der Waals surface area (Å²) in [5, 5.41) is 10.5. The first-order chi connectivity index (χ1) is 11.6. The molecule has 0 aliphatic carbocycles. The predicted molar refractivity (Wildman–Crippen MR) is 89.9 cm³/mol. The van der Waals surface area contributed by atoms with E-state index >= 15 is 0 Å². The lowest BCUT2D eigenvalue weighted by atomic mass is 10.2. The average molecular weight is 325 g/mol. The number of hydrogen-bond donors (Lipinski definition) is 0. The van der Waals surface area contributed by atoms with E-state index in [-0.39, 0.29) is 11.4 Å². The quantitative estimate of drug-likeness (QED) is 0.202. The van der Waals surface area contributed by atoms with E-state index < -0.39 is 10.9 Å². The van der Waals surface area contributed by atoms with Crippen molar-refractivity contribution in [2.75, 3.05) is 7.11 Å². The van der Waals surface area contributed by atoms with Gasteiger partial charge in [-0.05, 0) is 29.8 Å². The number of rotatable bonds is 6. The highest BCUT2D eigenvalue weighted by Crippen LogP contribution is 2.17. The van der Waals surface area contributed by atoms with Crippen molar-refractivity contribution >= 4 is 17.7 Å². The fourth-order valence-electron chi connectivity index (χ4n) is 1.83. The van der Waals surface area contributed by atoms with Crippen LogP contribution in [0, 0.1) is 10.1 Å². The minimum absolute atomic E-state index is 0.0634. The summed E-state index contributed by atoms with van der Waals surface area (Å²) in [6, 6.07) is 12.8. The van der Waals surface area contributed by atoms with Crippen molar-refractivity contribution in [3.05, 3.63) is 82.4 Å². The highest BCUT2D eigenvalue weighted by atomic mass is 16.6. The molecule has 0 unspecified atom stereocenters. The number of benzene rings is 2. The first kappa shape index (κ1) is 17.0. The van der Waals surface area contributed by atoms with E-state index in [1.807, 2.05) is 30.3 Å². The minimum Gasteiger partial charge on any atom is -0.497 e. The van der Waals surface area contributed by atoms with Gasteiger partial charge in [-0.1, -0.05) is 30.4 Å². The van der Waals surface area contributed by atoms with Gasteiger partial charge in [0.2, 0.25) is 0 Å². The lowest BCUT2D eigenvalue weighted by Crippen LogP contribution is -2.03. The van der Waals surface area contributed by atoms with Crippen molar-refractivity contribution in [3.8, 4) is 11.5 Å². The molecule has 0 heterocycles. The Morgan fingerprint density at radius 3 is 2.50 bits per heavy atom. The van der Waals surface area contributed by atoms with E-state index in [2.05, 4.69) is 0 Å². The number of allylic oxidation sites excluding steroid dienone is 2. The molecule has 122 valence electrons. The number of nitro groups is 1. The third kappa shape index (κ3) is 5.10. The summed E-state index contributed by atoms with van der Waals surface area (Å²) in [7, 11) is 1.59. The SMILES string of the molecule is COc1cccc(C=CC=CC(=O)Oc2ccc([N+](=O)[O-])cc2)c1. The van der Waals surface area contributed by atoms with Gasteiger partial charge in [-0.15, -0.1) is 0 Å². The van der Waals surface area contributed by atoms with Gasteiger partial charge in [-0.25, -0.2) is 4.79 Å².